The van der Waals surface area contributed by atoms with E-state index < -0.39 is 5.97 Å². The number of H-pyrrole nitrogens is 1. The molecular formula is C10H13N3O3S. The van der Waals surface area contributed by atoms with E-state index in [4.69, 9.17) is 5.11 Å². The number of carbonyl (C=O) groups is 1. The van der Waals surface area contributed by atoms with Crippen LogP contribution in [0.1, 0.15) is 25.8 Å². The maximum Gasteiger partial charge on any atom is 0.344 e. The molecule has 2 rings (SSSR count). The van der Waals surface area contributed by atoms with Crippen LogP contribution in [0.25, 0.3) is 0 Å². The summed E-state index contributed by atoms with van der Waals surface area (Å²) in [5.74, 6) is -0.437. The molecule has 0 aliphatic heterocycles. The molecule has 1 aromatic heterocycles. The fourth-order valence-electron chi connectivity index (χ4n) is 1.48. The molecule has 1 aromatic rings. The highest BCUT2D eigenvalue weighted by molar-refractivity contribution is 7.99. The summed E-state index contributed by atoms with van der Waals surface area (Å²) in [5.41, 5.74) is 0.551. The number of hydrogen-bond acceptors (Lipinski definition) is 4. The van der Waals surface area contributed by atoms with Crippen LogP contribution >= 0.6 is 11.8 Å². The molecule has 1 heterocycles. The second-order valence-electron chi connectivity index (χ2n) is 4.03. The Kier molecular flexibility index (Phi) is 3.37. The van der Waals surface area contributed by atoms with E-state index >= 15 is 0 Å². The van der Waals surface area contributed by atoms with E-state index in [9.17, 15) is 9.59 Å². The number of carboxylic acids is 1. The van der Waals surface area contributed by atoms with Crippen molar-refractivity contribution >= 4 is 17.7 Å². The van der Waals surface area contributed by atoms with Crippen LogP contribution in [0.2, 0.25) is 0 Å². The number of nitrogens with zero attached hydrogens (tertiary/aromatic N) is 2. The number of aromatic amines is 1. The molecule has 0 aromatic carbocycles. The second kappa shape index (κ2) is 4.79. The summed E-state index contributed by atoms with van der Waals surface area (Å²) in [6.45, 7) is 1.74. The highest BCUT2D eigenvalue weighted by atomic mass is 32.2. The largest absolute Gasteiger partial charge is 0.478 e. The predicted octanol–water partition coefficient (Wildman–Crippen LogP) is 1.03. The van der Waals surface area contributed by atoms with E-state index in [-0.39, 0.29) is 11.7 Å². The van der Waals surface area contributed by atoms with Crippen LogP contribution in [0.5, 0.6) is 0 Å². The van der Waals surface area contributed by atoms with Crippen molar-refractivity contribution in [2.24, 2.45) is 0 Å². The molecule has 17 heavy (non-hydrogen) atoms. The summed E-state index contributed by atoms with van der Waals surface area (Å²) in [6, 6.07) is 0.271. The average Bonchev–Trinajstić information content (AvgIpc) is 2.99. The van der Waals surface area contributed by atoms with Gasteiger partial charge in [0.25, 0.3) is 0 Å². The Labute approximate surface area is 102 Å². The lowest BCUT2D eigenvalue weighted by molar-refractivity contribution is -0.131. The summed E-state index contributed by atoms with van der Waals surface area (Å²) in [4.78, 5) is 21.9. The van der Waals surface area contributed by atoms with Gasteiger partial charge in [-0.2, -0.15) is 0 Å². The van der Waals surface area contributed by atoms with Crippen LogP contribution < -0.4 is 5.69 Å². The molecule has 1 aliphatic rings. The summed E-state index contributed by atoms with van der Waals surface area (Å²) in [5, 5.41) is 15.6. The quantitative estimate of drug-likeness (QED) is 0.606. The average molecular weight is 255 g/mol. The Hall–Kier alpha value is -1.50. The lowest BCUT2D eigenvalue weighted by Crippen LogP contribution is -2.16. The summed E-state index contributed by atoms with van der Waals surface area (Å²) in [6.07, 6.45) is 3.19. The third-order valence-electron chi connectivity index (χ3n) is 2.38. The van der Waals surface area contributed by atoms with Gasteiger partial charge in [-0.05, 0) is 19.8 Å². The molecule has 1 saturated carbocycles. The Morgan fingerprint density at radius 2 is 2.41 bits per heavy atom. The van der Waals surface area contributed by atoms with Gasteiger partial charge in [0, 0.05) is 17.9 Å². The van der Waals surface area contributed by atoms with Crippen LogP contribution in [0.15, 0.2) is 21.6 Å². The Bertz CT molecular complexity index is 513. The van der Waals surface area contributed by atoms with E-state index in [1.165, 1.54) is 17.8 Å². The van der Waals surface area contributed by atoms with Gasteiger partial charge >= 0.3 is 11.7 Å². The molecule has 92 valence electrons. The van der Waals surface area contributed by atoms with E-state index in [0.29, 0.717) is 10.9 Å². The Morgan fingerprint density at radius 1 is 1.71 bits per heavy atom. The number of aliphatic carboxylic acids is 1. The van der Waals surface area contributed by atoms with Crippen molar-refractivity contribution in [2.75, 3.05) is 5.75 Å². The first-order valence-electron chi connectivity index (χ1n) is 5.27. The SMILES string of the molecule is C/C(=C\C(=O)O)CSc1n[nH]c(=O)n1C1CC1. The molecule has 0 bridgehead atoms. The first-order valence-corrected chi connectivity index (χ1v) is 6.26. The van der Waals surface area contributed by atoms with Gasteiger partial charge in [0.2, 0.25) is 0 Å². The van der Waals surface area contributed by atoms with Crippen molar-refractivity contribution in [1.29, 1.82) is 0 Å². The smallest absolute Gasteiger partial charge is 0.344 e. The summed E-state index contributed by atoms with van der Waals surface area (Å²) >= 11 is 1.38. The van der Waals surface area contributed by atoms with Crippen molar-refractivity contribution in [3.63, 3.8) is 0 Å². The van der Waals surface area contributed by atoms with Crippen LogP contribution in [0.3, 0.4) is 0 Å². The molecule has 1 aliphatic carbocycles. The third-order valence-corrected chi connectivity index (χ3v) is 3.53. The lowest BCUT2D eigenvalue weighted by atomic mass is 10.3. The highest BCUT2D eigenvalue weighted by Gasteiger charge is 2.28. The molecule has 0 unspecified atom stereocenters. The van der Waals surface area contributed by atoms with Gasteiger partial charge in [-0.25, -0.2) is 14.7 Å². The van der Waals surface area contributed by atoms with Crippen LogP contribution in [0, 0.1) is 0 Å². The zero-order valence-corrected chi connectivity index (χ0v) is 10.2. The standard InChI is InChI=1S/C10H13N3O3S/c1-6(4-8(14)15)5-17-10-12-11-9(16)13(10)7-2-3-7/h4,7H,2-3,5H2,1H3,(H,11,16)(H,14,15)/b6-4+. The first kappa shape index (κ1) is 12.0. The minimum Gasteiger partial charge on any atom is -0.478 e. The van der Waals surface area contributed by atoms with Crippen LogP contribution in [-0.4, -0.2) is 31.6 Å². The molecule has 7 heteroatoms. The van der Waals surface area contributed by atoms with Gasteiger partial charge < -0.3 is 5.11 Å². The van der Waals surface area contributed by atoms with E-state index in [1.54, 1.807) is 11.5 Å². The van der Waals surface area contributed by atoms with Crippen molar-refractivity contribution in [3.05, 3.63) is 22.1 Å². The maximum atomic E-state index is 11.5. The zero-order chi connectivity index (χ0) is 12.4. The first-order chi connectivity index (χ1) is 8.08. The van der Waals surface area contributed by atoms with Crippen molar-refractivity contribution < 1.29 is 9.90 Å². The number of rotatable bonds is 5. The van der Waals surface area contributed by atoms with Crippen LogP contribution in [0.4, 0.5) is 0 Å². The number of nitrogens with one attached hydrogen (secondary N) is 1. The maximum absolute atomic E-state index is 11.5. The Balaban J connectivity index is 2.04. The number of aromatic nitrogens is 3. The number of carboxylic acid groups (broad SMARTS) is 1. The molecule has 0 amide bonds. The van der Waals surface area contributed by atoms with Gasteiger partial charge in [0.05, 0.1) is 0 Å². The number of hydrogen-bond donors (Lipinski definition) is 2. The van der Waals surface area contributed by atoms with Gasteiger partial charge in [-0.3, -0.25) is 4.57 Å². The fourth-order valence-corrected chi connectivity index (χ4v) is 2.40. The topological polar surface area (TPSA) is 88.0 Å². The third kappa shape index (κ3) is 3.00. The minimum atomic E-state index is -0.954. The molecule has 0 atom stereocenters. The molecule has 6 nitrogen and oxygen atoms in total. The normalized spacial score (nSPS) is 16.2. The summed E-state index contributed by atoms with van der Waals surface area (Å²) < 4.78 is 1.65. The monoisotopic (exact) mass is 255 g/mol. The predicted molar refractivity (Wildman–Crippen MR) is 63.2 cm³/mol. The Morgan fingerprint density at radius 3 is 3.00 bits per heavy atom. The molecule has 1 fully saturated rings. The van der Waals surface area contributed by atoms with Crippen molar-refractivity contribution in [3.8, 4) is 0 Å². The van der Waals surface area contributed by atoms with E-state index in [1.807, 2.05) is 0 Å². The lowest BCUT2D eigenvalue weighted by Gasteiger charge is -2.02. The summed E-state index contributed by atoms with van der Waals surface area (Å²) in [7, 11) is 0. The second-order valence-corrected chi connectivity index (χ2v) is 4.97. The number of thioether (sulfide) groups is 1. The molecule has 0 radical (unpaired) electrons. The minimum absolute atomic E-state index is 0.185. The highest BCUT2D eigenvalue weighted by Crippen LogP contribution is 2.36. The van der Waals surface area contributed by atoms with Crippen molar-refractivity contribution in [2.45, 2.75) is 31.0 Å². The molecule has 2 N–H and O–H groups in total. The fraction of sp³-hybridized carbons (Fsp3) is 0.500. The van der Waals surface area contributed by atoms with E-state index in [0.717, 1.165) is 18.4 Å². The molecule has 0 saturated heterocycles. The van der Waals surface area contributed by atoms with E-state index in [2.05, 4.69) is 10.2 Å². The molecular weight excluding hydrogens is 242 g/mol. The van der Waals surface area contributed by atoms with Gasteiger partial charge in [0.1, 0.15) is 0 Å². The molecule has 0 spiro atoms. The van der Waals surface area contributed by atoms with Crippen molar-refractivity contribution in [1.82, 2.24) is 14.8 Å². The van der Waals surface area contributed by atoms with Gasteiger partial charge in [-0.15, -0.1) is 5.10 Å². The van der Waals surface area contributed by atoms with Crippen LogP contribution in [-0.2, 0) is 4.79 Å². The van der Waals surface area contributed by atoms with Gasteiger partial charge in [-0.1, -0.05) is 17.3 Å². The zero-order valence-electron chi connectivity index (χ0n) is 9.34. The van der Waals surface area contributed by atoms with Gasteiger partial charge in [0.15, 0.2) is 5.16 Å².